The Kier molecular flexibility index (Phi) is 32.3. The van der Waals surface area contributed by atoms with Gasteiger partial charge in [-0.25, -0.2) is 24.0 Å². The maximum atomic E-state index is 13.1. The van der Waals surface area contributed by atoms with E-state index in [-0.39, 0.29) is 44.9 Å². The first kappa shape index (κ1) is 68.1. The number of carboxylic acid groups (broad SMARTS) is 1. The molecule has 22 heteroatoms. The number of ether oxygens (including phenoxy) is 4. The molecule has 4 aromatic rings. The van der Waals surface area contributed by atoms with E-state index in [4.69, 9.17) is 36.1 Å². The van der Waals surface area contributed by atoms with Crippen molar-refractivity contribution < 1.29 is 62.4 Å². The standard InChI is InChI=1S/C28H38N4O6.C19H28N2O6.C9H12N2O.ClH/c1-28(2,3)38-26(35)30-17-11-10-16-22(32-27(36)37-19-21-14-8-5-9-15-21)25(34)31-23(24(29)33)18-20-12-6-4-7-13-20;1-19(2,3)27-17(24)20-12-8-7-11-15(16(22)23)21-18(25)26-13-14-9-5-4-6-10-14;10-8(9(11)12)6-7-4-2-1-3-5-7;/h4-9,12-15,22-23H,10-11,16-19H2,1-3H3,(H2,29,33)(H,30,35)(H,31,34)(H,32,36);4-6,9-10,15H,7-8,11-13H2,1-3H3,(H,20,24)(H,21,25)(H,22,23);1-5,8H,6,10H2,(H2,11,12);1H/t22-,23-;15-;8-;/m000./s1. The van der Waals surface area contributed by atoms with E-state index in [1.54, 1.807) is 53.7 Å². The molecule has 4 rings (SSSR count). The topological polar surface area (TPSA) is 332 Å². The lowest BCUT2D eigenvalue weighted by atomic mass is 10.0. The Morgan fingerprint density at radius 2 is 0.833 bits per heavy atom. The number of hydrogen-bond acceptors (Lipinski definition) is 13. The van der Waals surface area contributed by atoms with Crippen LogP contribution in [0.1, 0.15) is 102 Å². The van der Waals surface area contributed by atoms with Crippen molar-refractivity contribution in [3.8, 4) is 0 Å². The molecule has 428 valence electrons. The minimum atomic E-state index is -1.13. The van der Waals surface area contributed by atoms with Crippen molar-refractivity contribution in [2.24, 2.45) is 17.2 Å². The number of amides is 7. The monoisotopic (exact) mass is 1110 g/mol. The molecule has 0 aliphatic carbocycles. The van der Waals surface area contributed by atoms with Crippen LogP contribution in [-0.2, 0) is 64.2 Å². The lowest BCUT2D eigenvalue weighted by Crippen LogP contribution is -2.53. The zero-order valence-electron chi connectivity index (χ0n) is 45.3. The van der Waals surface area contributed by atoms with E-state index < -0.39 is 83.4 Å². The molecule has 4 aromatic carbocycles. The normalized spacial score (nSPS) is 12.1. The number of unbranched alkanes of at least 4 members (excludes halogenated alkanes) is 2. The van der Waals surface area contributed by atoms with E-state index in [1.165, 1.54) is 0 Å². The summed E-state index contributed by atoms with van der Waals surface area (Å²) in [5.41, 5.74) is 18.3. The second-order valence-electron chi connectivity index (χ2n) is 19.6. The second-order valence-corrected chi connectivity index (χ2v) is 19.6. The third kappa shape index (κ3) is 33.2. The van der Waals surface area contributed by atoms with Crippen LogP contribution < -0.4 is 43.8 Å². The van der Waals surface area contributed by atoms with E-state index in [2.05, 4.69) is 26.6 Å². The number of primary amides is 2. The van der Waals surface area contributed by atoms with Gasteiger partial charge in [0.1, 0.15) is 42.5 Å². The quantitative estimate of drug-likeness (QED) is 0.0246. The molecular formula is C56H79ClN8O13. The zero-order chi connectivity index (χ0) is 57.2. The number of nitrogens with two attached hydrogens (primary N) is 3. The molecule has 0 radical (unpaired) electrons. The lowest BCUT2D eigenvalue weighted by molar-refractivity contribution is -0.139. The largest absolute Gasteiger partial charge is 0.480 e. The number of aliphatic carboxylic acids is 1. The minimum absolute atomic E-state index is 0. The van der Waals surface area contributed by atoms with Crippen LogP contribution in [0.3, 0.4) is 0 Å². The third-order valence-electron chi connectivity index (χ3n) is 10.4. The molecule has 0 bridgehead atoms. The Balaban J connectivity index is 0.000000658. The van der Waals surface area contributed by atoms with Crippen LogP contribution in [0, 0.1) is 0 Å². The van der Waals surface area contributed by atoms with Gasteiger partial charge in [-0.3, -0.25) is 14.4 Å². The average Bonchev–Trinajstić information content (AvgIpc) is 3.36. The Hall–Kier alpha value is -7.91. The molecule has 0 aromatic heterocycles. The minimum Gasteiger partial charge on any atom is -0.480 e. The van der Waals surface area contributed by atoms with Gasteiger partial charge >= 0.3 is 30.3 Å². The maximum Gasteiger partial charge on any atom is 0.408 e. The van der Waals surface area contributed by atoms with Gasteiger partial charge in [0.25, 0.3) is 0 Å². The molecule has 0 saturated carbocycles. The number of hydrogen-bond donors (Lipinski definition) is 9. The second kappa shape index (κ2) is 37.0. The number of carboxylic acids is 1. The van der Waals surface area contributed by atoms with E-state index in [9.17, 15) is 43.5 Å². The zero-order valence-corrected chi connectivity index (χ0v) is 46.1. The summed E-state index contributed by atoms with van der Waals surface area (Å²) in [5.74, 6) is -2.83. The van der Waals surface area contributed by atoms with E-state index in [0.717, 1.165) is 22.3 Å². The van der Waals surface area contributed by atoms with Crippen molar-refractivity contribution in [1.29, 1.82) is 0 Å². The van der Waals surface area contributed by atoms with Crippen LogP contribution in [0.2, 0.25) is 0 Å². The predicted molar refractivity (Wildman–Crippen MR) is 297 cm³/mol. The Labute approximate surface area is 463 Å². The lowest BCUT2D eigenvalue weighted by Gasteiger charge is -2.22. The van der Waals surface area contributed by atoms with Crippen LogP contribution in [0.15, 0.2) is 121 Å². The summed E-state index contributed by atoms with van der Waals surface area (Å²) in [5, 5.41) is 22.1. The van der Waals surface area contributed by atoms with Gasteiger partial charge in [0.15, 0.2) is 0 Å². The number of nitrogens with one attached hydrogen (secondary N) is 5. The van der Waals surface area contributed by atoms with E-state index in [0.29, 0.717) is 45.2 Å². The summed E-state index contributed by atoms with van der Waals surface area (Å²) in [6.07, 6.45) is 0.709. The fourth-order valence-electron chi connectivity index (χ4n) is 6.61. The molecule has 0 spiro atoms. The molecule has 0 aliphatic rings. The van der Waals surface area contributed by atoms with Gasteiger partial charge in [-0.2, -0.15) is 0 Å². The Morgan fingerprint density at radius 1 is 0.474 bits per heavy atom. The first-order valence-electron chi connectivity index (χ1n) is 25.2. The van der Waals surface area contributed by atoms with Crippen LogP contribution in [0.5, 0.6) is 0 Å². The van der Waals surface area contributed by atoms with Gasteiger partial charge in [0.2, 0.25) is 17.7 Å². The number of halogens is 1. The summed E-state index contributed by atoms with van der Waals surface area (Å²) in [6.45, 7) is 11.4. The van der Waals surface area contributed by atoms with Gasteiger partial charge in [-0.1, -0.05) is 121 Å². The molecule has 78 heavy (non-hydrogen) atoms. The van der Waals surface area contributed by atoms with Crippen molar-refractivity contribution in [1.82, 2.24) is 26.6 Å². The maximum absolute atomic E-state index is 13.1. The number of rotatable bonds is 25. The number of carbonyl (C=O) groups is 8. The fraction of sp³-hybridized carbons (Fsp3) is 0.429. The van der Waals surface area contributed by atoms with Crippen LogP contribution in [0.25, 0.3) is 0 Å². The first-order valence-corrected chi connectivity index (χ1v) is 25.2. The summed E-state index contributed by atoms with van der Waals surface area (Å²) >= 11 is 0. The molecule has 0 saturated heterocycles. The highest BCUT2D eigenvalue weighted by atomic mass is 35.5. The van der Waals surface area contributed by atoms with Gasteiger partial charge < -0.3 is 67.8 Å². The Bertz CT molecular complexity index is 2410. The van der Waals surface area contributed by atoms with Crippen molar-refractivity contribution >= 4 is 60.5 Å². The summed E-state index contributed by atoms with van der Waals surface area (Å²) in [7, 11) is 0. The van der Waals surface area contributed by atoms with Gasteiger partial charge in [0.05, 0.1) is 6.04 Å². The first-order chi connectivity index (χ1) is 36.4. The summed E-state index contributed by atoms with van der Waals surface area (Å²) in [4.78, 5) is 94.6. The Morgan fingerprint density at radius 3 is 1.19 bits per heavy atom. The fourth-order valence-corrected chi connectivity index (χ4v) is 6.61. The van der Waals surface area contributed by atoms with Crippen molar-refractivity contribution in [2.45, 2.75) is 141 Å². The molecule has 7 amide bonds. The van der Waals surface area contributed by atoms with Gasteiger partial charge in [-0.15, -0.1) is 12.4 Å². The van der Waals surface area contributed by atoms with Crippen molar-refractivity contribution in [2.75, 3.05) is 13.1 Å². The van der Waals surface area contributed by atoms with Crippen molar-refractivity contribution in [3.05, 3.63) is 144 Å². The van der Waals surface area contributed by atoms with Crippen LogP contribution in [0.4, 0.5) is 19.2 Å². The molecule has 12 N–H and O–H groups in total. The van der Waals surface area contributed by atoms with Gasteiger partial charge in [-0.05, 0) is 109 Å². The molecule has 0 heterocycles. The SMILES string of the molecule is CC(C)(C)OC(=O)NCCCC[C@H](NC(=O)OCc1ccccc1)C(=O)N[C@@H](Cc1ccccc1)C(N)=O.CC(C)(C)OC(=O)NCCCC[C@H](NC(=O)OCc1ccccc1)C(=O)O.Cl.NC(=O)[C@@H](N)Cc1ccccc1. The smallest absolute Gasteiger partial charge is 0.408 e. The average molecular weight is 1110 g/mol. The molecule has 0 unspecified atom stereocenters. The third-order valence-corrected chi connectivity index (χ3v) is 10.4. The molecule has 21 nitrogen and oxygen atoms in total. The number of alkyl carbamates (subject to hydrolysis) is 4. The van der Waals surface area contributed by atoms with Gasteiger partial charge in [0, 0.05) is 19.5 Å². The highest BCUT2D eigenvalue weighted by molar-refractivity contribution is 5.91. The molecule has 0 aliphatic heterocycles. The number of carbonyl (C=O) groups excluding carboxylic acids is 7. The van der Waals surface area contributed by atoms with E-state index >= 15 is 0 Å². The predicted octanol–water partition coefficient (Wildman–Crippen LogP) is 6.71. The van der Waals surface area contributed by atoms with E-state index in [1.807, 2.05) is 109 Å². The van der Waals surface area contributed by atoms with Crippen molar-refractivity contribution in [3.63, 3.8) is 0 Å². The van der Waals surface area contributed by atoms with Crippen LogP contribution >= 0.6 is 12.4 Å². The molecule has 0 fully saturated rings. The molecular weight excluding hydrogens is 1030 g/mol. The summed E-state index contributed by atoms with van der Waals surface area (Å²) < 4.78 is 20.6. The summed E-state index contributed by atoms with van der Waals surface area (Å²) in [6, 6.07) is 33.4. The highest BCUT2D eigenvalue weighted by Crippen LogP contribution is 2.11. The number of benzene rings is 4. The highest BCUT2D eigenvalue weighted by Gasteiger charge is 2.27. The molecule has 4 atom stereocenters. The van der Waals surface area contributed by atoms with Crippen LogP contribution in [-0.4, -0.2) is 102 Å².